The van der Waals surface area contributed by atoms with E-state index in [1.54, 1.807) is 11.1 Å². The molecule has 112 valence electrons. The van der Waals surface area contributed by atoms with E-state index in [4.69, 9.17) is 17.0 Å². The summed E-state index contributed by atoms with van der Waals surface area (Å²) in [6.07, 6.45) is 3.01. The Morgan fingerprint density at radius 2 is 2.24 bits per heavy atom. The van der Waals surface area contributed by atoms with Gasteiger partial charge in [-0.1, -0.05) is 12.2 Å². The zero-order valence-electron chi connectivity index (χ0n) is 11.9. The molecule has 0 aromatic carbocycles. The van der Waals surface area contributed by atoms with Crippen LogP contribution in [0.2, 0.25) is 0 Å². The second-order valence-corrected chi connectivity index (χ2v) is 5.66. The van der Waals surface area contributed by atoms with Crippen LogP contribution in [0.1, 0.15) is 25.3 Å². The quantitative estimate of drug-likeness (QED) is 0.770. The number of piperidine rings is 1. The van der Waals surface area contributed by atoms with Crippen molar-refractivity contribution in [1.29, 1.82) is 0 Å². The number of likely N-dealkylation sites (tertiary alicyclic amines) is 1. The van der Waals surface area contributed by atoms with Crippen molar-refractivity contribution in [3.8, 4) is 0 Å². The predicted octanol–water partition coefficient (Wildman–Crippen LogP) is 1.72. The molecule has 1 spiro atoms. The van der Waals surface area contributed by atoms with Gasteiger partial charge < -0.3 is 20.3 Å². The molecule has 0 atom stereocenters. The van der Waals surface area contributed by atoms with Gasteiger partial charge in [-0.15, -0.1) is 0 Å². The van der Waals surface area contributed by atoms with Crippen LogP contribution in [0.3, 0.4) is 0 Å². The van der Waals surface area contributed by atoms with E-state index in [1.165, 1.54) is 0 Å². The molecule has 1 fully saturated rings. The Balaban J connectivity index is 1.72. The molecule has 1 aromatic heterocycles. The van der Waals surface area contributed by atoms with E-state index in [0.29, 0.717) is 24.7 Å². The van der Waals surface area contributed by atoms with Gasteiger partial charge in [-0.25, -0.2) is 9.78 Å². The average molecular weight is 306 g/mol. The Morgan fingerprint density at radius 1 is 1.48 bits per heavy atom. The highest BCUT2D eigenvalue weighted by Crippen LogP contribution is 2.30. The molecule has 2 aliphatic rings. The van der Waals surface area contributed by atoms with E-state index in [1.807, 2.05) is 19.1 Å². The molecule has 1 aromatic rings. The van der Waals surface area contributed by atoms with Gasteiger partial charge in [0.2, 0.25) is 0 Å². The molecule has 7 heteroatoms. The number of thiocarbonyl (C=S) groups is 1. The van der Waals surface area contributed by atoms with Crippen LogP contribution in [-0.2, 0) is 4.74 Å². The lowest BCUT2D eigenvalue weighted by Gasteiger charge is -2.45. The molecule has 2 aliphatic heterocycles. The molecular weight excluding hydrogens is 288 g/mol. The van der Waals surface area contributed by atoms with Crippen molar-refractivity contribution in [2.75, 3.05) is 25.0 Å². The van der Waals surface area contributed by atoms with Gasteiger partial charge in [-0.05, 0) is 19.1 Å². The predicted molar refractivity (Wildman–Crippen MR) is 83.3 cm³/mol. The minimum Gasteiger partial charge on any atom is -0.450 e. The molecule has 3 heterocycles. The number of anilines is 1. The van der Waals surface area contributed by atoms with Gasteiger partial charge in [0.25, 0.3) is 0 Å². The van der Waals surface area contributed by atoms with Crippen LogP contribution in [0.4, 0.5) is 10.6 Å². The summed E-state index contributed by atoms with van der Waals surface area (Å²) in [4.78, 5) is 18.6. The lowest BCUT2D eigenvalue weighted by molar-refractivity contribution is 0.0879. The Labute approximate surface area is 128 Å². The van der Waals surface area contributed by atoms with Crippen molar-refractivity contribution < 1.29 is 9.53 Å². The lowest BCUT2D eigenvalue weighted by Crippen LogP contribution is -2.62. The average Bonchev–Trinajstić information content (AvgIpc) is 2.48. The standard InChI is InChI=1S/C14H18N4O2S/c1-2-20-13(19)18-8-5-14(6-9-18)16-11-10(12(21)17-14)4-3-7-15-11/h3-4,7H,2,5-6,8-9H2,1H3,(H,15,16)(H,17,21). The number of pyridine rings is 1. The number of nitrogens with one attached hydrogen (secondary N) is 2. The molecule has 0 aliphatic carbocycles. The normalized spacial score (nSPS) is 19.5. The smallest absolute Gasteiger partial charge is 0.409 e. The molecule has 21 heavy (non-hydrogen) atoms. The number of hydrogen-bond donors (Lipinski definition) is 2. The third-order valence-electron chi connectivity index (χ3n) is 3.91. The monoisotopic (exact) mass is 306 g/mol. The molecule has 0 unspecified atom stereocenters. The Kier molecular flexibility index (Phi) is 3.67. The number of aromatic nitrogens is 1. The van der Waals surface area contributed by atoms with Gasteiger partial charge in [0, 0.05) is 32.1 Å². The largest absolute Gasteiger partial charge is 0.450 e. The summed E-state index contributed by atoms with van der Waals surface area (Å²) >= 11 is 5.44. The van der Waals surface area contributed by atoms with Crippen molar-refractivity contribution in [3.63, 3.8) is 0 Å². The third kappa shape index (κ3) is 2.65. The van der Waals surface area contributed by atoms with Gasteiger partial charge in [-0.2, -0.15) is 0 Å². The fourth-order valence-electron chi connectivity index (χ4n) is 2.77. The molecule has 0 bridgehead atoms. The molecule has 1 amide bonds. The highest BCUT2D eigenvalue weighted by molar-refractivity contribution is 7.80. The molecule has 0 saturated carbocycles. The van der Waals surface area contributed by atoms with Crippen LogP contribution in [0, 0.1) is 0 Å². The number of amides is 1. The number of rotatable bonds is 1. The Bertz CT molecular complexity index is 570. The number of carbonyl (C=O) groups is 1. The highest BCUT2D eigenvalue weighted by Gasteiger charge is 2.40. The van der Waals surface area contributed by atoms with Crippen LogP contribution in [0.5, 0.6) is 0 Å². The maximum atomic E-state index is 11.8. The van der Waals surface area contributed by atoms with E-state index in [9.17, 15) is 4.79 Å². The zero-order chi connectivity index (χ0) is 14.9. The topological polar surface area (TPSA) is 66.5 Å². The number of carbonyl (C=O) groups excluding carboxylic acids is 1. The molecular formula is C14H18N4O2S. The number of fused-ring (bicyclic) bond motifs is 1. The maximum Gasteiger partial charge on any atom is 0.409 e. The van der Waals surface area contributed by atoms with Gasteiger partial charge in [-0.3, -0.25) is 0 Å². The lowest BCUT2D eigenvalue weighted by atomic mass is 9.94. The van der Waals surface area contributed by atoms with Crippen molar-refractivity contribution in [2.24, 2.45) is 0 Å². The van der Waals surface area contributed by atoms with Crippen molar-refractivity contribution in [1.82, 2.24) is 15.2 Å². The van der Waals surface area contributed by atoms with Gasteiger partial charge >= 0.3 is 6.09 Å². The minimum atomic E-state index is -0.318. The summed E-state index contributed by atoms with van der Waals surface area (Å²) in [5.41, 5.74) is 0.604. The first-order valence-electron chi connectivity index (χ1n) is 7.11. The first-order valence-corrected chi connectivity index (χ1v) is 7.52. The summed E-state index contributed by atoms with van der Waals surface area (Å²) in [7, 11) is 0. The fourth-order valence-corrected chi connectivity index (χ4v) is 3.13. The number of hydrogen-bond acceptors (Lipinski definition) is 5. The molecule has 0 radical (unpaired) electrons. The van der Waals surface area contributed by atoms with E-state index in [0.717, 1.165) is 24.2 Å². The second-order valence-electron chi connectivity index (χ2n) is 5.25. The molecule has 2 N–H and O–H groups in total. The third-order valence-corrected chi connectivity index (χ3v) is 4.23. The maximum absolute atomic E-state index is 11.8. The molecule has 3 rings (SSSR count). The summed E-state index contributed by atoms with van der Waals surface area (Å²) < 4.78 is 5.04. The first-order chi connectivity index (χ1) is 10.1. The summed E-state index contributed by atoms with van der Waals surface area (Å²) in [6, 6.07) is 3.82. The van der Waals surface area contributed by atoms with E-state index < -0.39 is 0 Å². The highest BCUT2D eigenvalue weighted by atomic mass is 32.1. The summed E-state index contributed by atoms with van der Waals surface area (Å²) in [5, 5.41) is 6.83. The van der Waals surface area contributed by atoms with Crippen LogP contribution in [-0.4, -0.2) is 46.3 Å². The van der Waals surface area contributed by atoms with Gasteiger partial charge in [0.15, 0.2) is 0 Å². The van der Waals surface area contributed by atoms with Crippen molar-refractivity contribution in [3.05, 3.63) is 23.9 Å². The summed E-state index contributed by atoms with van der Waals surface area (Å²) in [6.45, 7) is 3.47. The Hall–Kier alpha value is -1.89. The van der Waals surface area contributed by atoms with Crippen LogP contribution in [0.25, 0.3) is 0 Å². The van der Waals surface area contributed by atoms with Crippen LogP contribution in [0.15, 0.2) is 18.3 Å². The SMILES string of the molecule is CCOC(=O)N1CCC2(CC1)NC(=S)c1cccnc1N2. The minimum absolute atomic E-state index is 0.246. The van der Waals surface area contributed by atoms with Gasteiger partial charge in [0.1, 0.15) is 16.5 Å². The number of ether oxygens (including phenoxy) is 1. The molecule has 6 nitrogen and oxygen atoms in total. The van der Waals surface area contributed by atoms with Gasteiger partial charge in [0.05, 0.1) is 12.2 Å². The van der Waals surface area contributed by atoms with Crippen LogP contribution < -0.4 is 10.6 Å². The second kappa shape index (κ2) is 5.48. The van der Waals surface area contributed by atoms with Crippen LogP contribution >= 0.6 is 12.2 Å². The molecule has 1 saturated heterocycles. The fraction of sp³-hybridized carbons (Fsp3) is 0.500. The van der Waals surface area contributed by atoms with Crippen molar-refractivity contribution >= 4 is 29.1 Å². The summed E-state index contributed by atoms with van der Waals surface area (Å²) in [5.74, 6) is 0.811. The van der Waals surface area contributed by atoms with E-state index >= 15 is 0 Å². The zero-order valence-corrected chi connectivity index (χ0v) is 12.7. The van der Waals surface area contributed by atoms with Crippen molar-refractivity contribution in [2.45, 2.75) is 25.4 Å². The van der Waals surface area contributed by atoms with E-state index in [-0.39, 0.29) is 11.8 Å². The van der Waals surface area contributed by atoms with E-state index in [2.05, 4.69) is 15.6 Å². The number of nitrogens with zero attached hydrogens (tertiary/aromatic N) is 2. The first kappa shape index (κ1) is 14.1. The Morgan fingerprint density at radius 3 is 2.95 bits per heavy atom.